The minimum atomic E-state index is -1.19. The molecule has 0 saturated heterocycles. The Kier molecular flexibility index (Phi) is 5.14. The standard InChI is InChI=1S/C20H22N2O4.ClH/c1-10-13(12-4-5-16(21)17(23)8-12)6-7-22-18(10)14(11-2-3-11)9-15(19(22)24)20(25)26;/h6-7,9,11-12,16H,2-5,8,21H2,1H3,(H,25,26);1H. The Morgan fingerprint density at radius 1 is 1.15 bits per heavy atom. The van der Waals surface area contributed by atoms with E-state index in [9.17, 15) is 19.5 Å². The molecule has 0 bridgehead atoms. The number of pyridine rings is 2. The summed E-state index contributed by atoms with van der Waals surface area (Å²) in [7, 11) is 0. The van der Waals surface area contributed by atoms with Crippen LogP contribution < -0.4 is 11.3 Å². The van der Waals surface area contributed by atoms with Crippen LogP contribution in [0.2, 0.25) is 0 Å². The molecular weight excluding hydrogens is 368 g/mol. The number of carboxylic acid groups (broad SMARTS) is 1. The number of halogens is 1. The number of nitrogens with zero attached hydrogens (tertiary/aromatic N) is 1. The van der Waals surface area contributed by atoms with Crippen LogP contribution in [0.3, 0.4) is 0 Å². The third-order valence-corrected chi connectivity index (χ3v) is 5.83. The number of nitrogens with two attached hydrogens (primary N) is 1. The second-order valence-electron chi connectivity index (χ2n) is 7.56. The lowest BCUT2D eigenvalue weighted by molar-refractivity contribution is -0.122. The number of aromatic carboxylic acids is 1. The SMILES string of the molecule is Cc1c(C2CCC(N)C(=O)C2)ccn2c(=O)c(C(=O)O)cc(C3CC3)c12.Cl. The smallest absolute Gasteiger partial charge is 0.341 e. The summed E-state index contributed by atoms with van der Waals surface area (Å²) in [6.45, 7) is 1.97. The third-order valence-electron chi connectivity index (χ3n) is 5.83. The largest absolute Gasteiger partial charge is 0.477 e. The number of hydrogen-bond donors (Lipinski definition) is 2. The second kappa shape index (κ2) is 7.09. The van der Waals surface area contributed by atoms with E-state index in [2.05, 4.69) is 0 Å². The average Bonchev–Trinajstić information content (AvgIpc) is 3.43. The fourth-order valence-electron chi connectivity index (χ4n) is 4.22. The summed E-state index contributed by atoms with van der Waals surface area (Å²) in [6, 6.07) is 3.05. The highest BCUT2D eigenvalue weighted by molar-refractivity contribution is 5.89. The molecule has 6 nitrogen and oxygen atoms in total. The van der Waals surface area contributed by atoms with E-state index in [0.717, 1.165) is 41.5 Å². The van der Waals surface area contributed by atoms with Crippen LogP contribution in [0.15, 0.2) is 23.1 Å². The van der Waals surface area contributed by atoms with Crippen LogP contribution in [-0.4, -0.2) is 27.3 Å². The third kappa shape index (κ3) is 3.28. The number of carboxylic acids is 1. The zero-order valence-electron chi connectivity index (χ0n) is 15.1. The van der Waals surface area contributed by atoms with Gasteiger partial charge in [-0.25, -0.2) is 4.79 Å². The molecule has 0 aliphatic heterocycles. The van der Waals surface area contributed by atoms with Crippen LogP contribution in [0.25, 0.3) is 5.52 Å². The highest BCUT2D eigenvalue weighted by Gasteiger charge is 2.31. The van der Waals surface area contributed by atoms with Crippen LogP contribution in [0, 0.1) is 6.92 Å². The van der Waals surface area contributed by atoms with Gasteiger partial charge in [-0.1, -0.05) is 0 Å². The Balaban J connectivity index is 0.00000210. The van der Waals surface area contributed by atoms with Crippen molar-refractivity contribution < 1.29 is 14.7 Å². The predicted octanol–water partition coefficient (Wildman–Crippen LogP) is 2.77. The average molecular weight is 391 g/mol. The normalized spacial score (nSPS) is 22.5. The minimum Gasteiger partial charge on any atom is -0.477 e. The van der Waals surface area contributed by atoms with Crippen molar-refractivity contribution in [1.82, 2.24) is 4.40 Å². The maximum atomic E-state index is 12.6. The number of ketones is 1. The Morgan fingerprint density at radius 3 is 2.41 bits per heavy atom. The van der Waals surface area contributed by atoms with Crippen LogP contribution in [0.4, 0.5) is 0 Å². The predicted molar refractivity (Wildman–Crippen MR) is 104 cm³/mol. The molecule has 2 aliphatic rings. The van der Waals surface area contributed by atoms with Crippen molar-refractivity contribution >= 4 is 29.7 Å². The molecule has 2 atom stereocenters. The van der Waals surface area contributed by atoms with Gasteiger partial charge in [-0.3, -0.25) is 14.0 Å². The first-order valence-corrected chi connectivity index (χ1v) is 9.08. The van der Waals surface area contributed by atoms with E-state index < -0.39 is 11.5 Å². The van der Waals surface area contributed by atoms with Crippen LogP contribution in [0.1, 0.15) is 71.0 Å². The van der Waals surface area contributed by atoms with Crippen molar-refractivity contribution in [3.05, 3.63) is 50.9 Å². The highest BCUT2D eigenvalue weighted by atomic mass is 35.5. The van der Waals surface area contributed by atoms with Crippen molar-refractivity contribution in [2.24, 2.45) is 5.73 Å². The lowest BCUT2D eigenvalue weighted by atomic mass is 9.79. The van der Waals surface area contributed by atoms with Crippen molar-refractivity contribution in [3.63, 3.8) is 0 Å². The number of Topliss-reactive ketones (excluding diaryl/α,β-unsaturated/α-hetero) is 1. The molecule has 144 valence electrons. The number of carbonyl (C=O) groups is 2. The van der Waals surface area contributed by atoms with Gasteiger partial charge < -0.3 is 10.8 Å². The fraction of sp³-hybridized carbons (Fsp3) is 0.450. The highest BCUT2D eigenvalue weighted by Crippen LogP contribution is 2.43. The van der Waals surface area contributed by atoms with Crippen molar-refractivity contribution in [2.75, 3.05) is 0 Å². The molecule has 0 radical (unpaired) electrons. The summed E-state index contributed by atoms with van der Waals surface area (Å²) in [5, 5.41) is 9.37. The van der Waals surface area contributed by atoms with E-state index in [4.69, 9.17) is 5.73 Å². The Bertz CT molecular complexity index is 994. The number of carbonyl (C=O) groups excluding carboxylic acids is 1. The molecule has 2 aromatic rings. The van der Waals surface area contributed by atoms with Gasteiger partial charge in [-0.05, 0) is 73.3 Å². The minimum absolute atomic E-state index is 0. The van der Waals surface area contributed by atoms with Gasteiger partial charge >= 0.3 is 5.97 Å². The maximum absolute atomic E-state index is 12.6. The summed E-state index contributed by atoms with van der Waals surface area (Å²) in [6.07, 6.45) is 5.63. The molecule has 2 heterocycles. The van der Waals surface area contributed by atoms with Gasteiger partial charge in [0.2, 0.25) is 0 Å². The molecular formula is C20H23ClN2O4. The van der Waals surface area contributed by atoms with E-state index in [1.54, 1.807) is 12.3 Å². The topological polar surface area (TPSA) is 102 Å². The van der Waals surface area contributed by atoms with Crippen LogP contribution in [0.5, 0.6) is 0 Å². The molecule has 3 N–H and O–H groups in total. The summed E-state index contributed by atoms with van der Waals surface area (Å²) >= 11 is 0. The van der Waals surface area contributed by atoms with E-state index in [1.165, 1.54) is 4.40 Å². The van der Waals surface area contributed by atoms with E-state index in [0.29, 0.717) is 18.8 Å². The second-order valence-corrected chi connectivity index (χ2v) is 7.56. The molecule has 27 heavy (non-hydrogen) atoms. The monoisotopic (exact) mass is 390 g/mol. The van der Waals surface area contributed by atoms with Crippen LogP contribution >= 0.6 is 12.4 Å². The number of fused-ring (bicyclic) bond motifs is 1. The fourth-order valence-corrected chi connectivity index (χ4v) is 4.22. The molecule has 2 aromatic heterocycles. The van der Waals surface area contributed by atoms with E-state index in [-0.39, 0.29) is 35.7 Å². The van der Waals surface area contributed by atoms with E-state index in [1.807, 2.05) is 13.0 Å². The lowest BCUT2D eigenvalue weighted by Gasteiger charge is -2.27. The Hall–Kier alpha value is -2.18. The number of aryl methyl sites for hydroxylation is 1. The summed E-state index contributed by atoms with van der Waals surface area (Å²) in [5.41, 5.74) is 8.91. The van der Waals surface area contributed by atoms with Crippen LogP contribution in [-0.2, 0) is 4.79 Å². The first-order chi connectivity index (χ1) is 12.4. The van der Waals surface area contributed by atoms with Crippen molar-refractivity contribution in [1.29, 1.82) is 0 Å². The molecule has 2 unspecified atom stereocenters. The summed E-state index contributed by atoms with van der Waals surface area (Å²) in [4.78, 5) is 36.1. The Morgan fingerprint density at radius 2 is 1.81 bits per heavy atom. The summed E-state index contributed by atoms with van der Waals surface area (Å²) in [5.74, 6) is -0.700. The zero-order chi connectivity index (χ0) is 18.6. The molecule has 0 aromatic carbocycles. The number of hydrogen-bond acceptors (Lipinski definition) is 4. The lowest BCUT2D eigenvalue weighted by Crippen LogP contribution is -2.36. The Labute approximate surface area is 162 Å². The first kappa shape index (κ1) is 19.6. The molecule has 0 spiro atoms. The molecule has 4 rings (SSSR count). The number of aromatic nitrogens is 1. The molecule has 2 fully saturated rings. The molecule has 0 amide bonds. The maximum Gasteiger partial charge on any atom is 0.341 e. The van der Waals surface area contributed by atoms with Crippen molar-refractivity contribution in [3.8, 4) is 0 Å². The summed E-state index contributed by atoms with van der Waals surface area (Å²) < 4.78 is 1.46. The molecule has 7 heteroatoms. The molecule has 2 aliphatic carbocycles. The molecule has 2 saturated carbocycles. The van der Waals surface area contributed by atoms with Gasteiger partial charge in [0.1, 0.15) is 11.3 Å². The first-order valence-electron chi connectivity index (χ1n) is 9.08. The van der Waals surface area contributed by atoms with Gasteiger partial charge in [0, 0.05) is 12.6 Å². The zero-order valence-corrected chi connectivity index (χ0v) is 15.9. The quantitative estimate of drug-likeness (QED) is 0.838. The van der Waals surface area contributed by atoms with Gasteiger partial charge in [0.05, 0.1) is 11.6 Å². The van der Waals surface area contributed by atoms with Crippen molar-refractivity contribution in [2.45, 2.75) is 56.9 Å². The van der Waals surface area contributed by atoms with Gasteiger partial charge in [0.15, 0.2) is 0 Å². The van der Waals surface area contributed by atoms with E-state index >= 15 is 0 Å². The van der Waals surface area contributed by atoms with Gasteiger partial charge in [-0.15, -0.1) is 12.4 Å². The van der Waals surface area contributed by atoms with Gasteiger partial charge in [-0.2, -0.15) is 0 Å². The van der Waals surface area contributed by atoms with Gasteiger partial charge in [0.25, 0.3) is 5.56 Å². The number of rotatable bonds is 3.